The molecule has 10 heteroatoms. The van der Waals surface area contributed by atoms with Crippen LogP contribution in [0.1, 0.15) is 50.3 Å². The molecule has 2 N–H and O–H groups in total. The summed E-state index contributed by atoms with van der Waals surface area (Å²) in [6, 6.07) is 8.16. The molecule has 5 rings (SSSR count). The summed E-state index contributed by atoms with van der Waals surface area (Å²) in [5, 5.41) is 6.75. The van der Waals surface area contributed by atoms with Crippen molar-refractivity contribution in [2.75, 3.05) is 29.9 Å². The summed E-state index contributed by atoms with van der Waals surface area (Å²) in [4.78, 5) is 38.5. The van der Waals surface area contributed by atoms with Gasteiger partial charge in [-0.15, -0.1) is 0 Å². The van der Waals surface area contributed by atoms with E-state index in [2.05, 4.69) is 39.3 Å². The Morgan fingerprint density at radius 3 is 2.74 bits per heavy atom. The van der Waals surface area contributed by atoms with E-state index in [1.54, 1.807) is 0 Å². The molecule has 4 atom stereocenters. The van der Waals surface area contributed by atoms with Gasteiger partial charge < -0.3 is 19.9 Å². The van der Waals surface area contributed by atoms with E-state index in [0.29, 0.717) is 30.5 Å². The molecule has 180 valence electrons. The van der Waals surface area contributed by atoms with E-state index in [0.717, 1.165) is 23.4 Å². The molecule has 1 saturated carbocycles. The summed E-state index contributed by atoms with van der Waals surface area (Å²) in [5.41, 5.74) is 1.75. The Labute approximate surface area is 203 Å². The summed E-state index contributed by atoms with van der Waals surface area (Å²) in [7, 11) is 0. The third-order valence-electron chi connectivity index (χ3n) is 6.74. The third-order valence-corrected chi connectivity index (χ3v) is 6.99. The molecular formula is C24H29ClN6O3. The highest BCUT2D eigenvalue weighted by Gasteiger charge is 2.52. The maximum Gasteiger partial charge on any atom is 0.413 e. The van der Waals surface area contributed by atoms with Gasteiger partial charge in [-0.05, 0) is 31.0 Å². The highest BCUT2D eigenvalue weighted by molar-refractivity contribution is 6.30. The Kier molecular flexibility index (Phi) is 6.07. The lowest BCUT2D eigenvalue weighted by molar-refractivity contribution is -0.133. The number of benzene rings is 1. The number of carbonyl (C=O) groups is 2. The molecule has 9 nitrogen and oxygen atoms in total. The van der Waals surface area contributed by atoms with Crippen LogP contribution >= 0.6 is 11.6 Å². The summed E-state index contributed by atoms with van der Waals surface area (Å²) < 4.78 is 5.35. The first kappa shape index (κ1) is 22.9. The number of anilines is 2. The molecule has 2 aliphatic heterocycles. The second kappa shape index (κ2) is 9.03. The minimum atomic E-state index is -0.507. The second-order valence-electron chi connectivity index (χ2n) is 9.39. The van der Waals surface area contributed by atoms with E-state index in [1.165, 1.54) is 6.33 Å². The van der Waals surface area contributed by atoms with Crippen molar-refractivity contribution in [3.8, 4) is 0 Å². The molecule has 1 saturated heterocycles. The quantitative estimate of drug-likeness (QED) is 0.648. The van der Waals surface area contributed by atoms with E-state index in [1.807, 2.05) is 36.1 Å². The van der Waals surface area contributed by atoms with Crippen LogP contribution in [0.25, 0.3) is 0 Å². The monoisotopic (exact) mass is 484 g/mol. The number of hydrogen-bond donors (Lipinski definition) is 2. The van der Waals surface area contributed by atoms with Crippen molar-refractivity contribution in [3.63, 3.8) is 0 Å². The zero-order valence-corrected chi connectivity index (χ0v) is 20.2. The number of rotatable bonds is 6. The number of amides is 2. The number of ether oxygens (including phenoxy) is 1. The lowest BCUT2D eigenvalue weighted by Gasteiger charge is -2.38. The molecular weight excluding hydrogens is 456 g/mol. The summed E-state index contributed by atoms with van der Waals surface area (Å²) in [6.45, 7) is 7.81. The van der Waals surface area contributed by atoms with Gasteiger partial charge in [0.05, 0.1) is 23.6 Å². The van der Waals surface area contributed by atoms with Crippen molar-refractivity contribution in [3.05, 3.63) is 46.7 Å². The van der Waals surface area contributed by atoms with Crippen LogP contribution in [0.4, 0.5) is 16.4 Å². The molecule has 2 fully saturated rings. The summed E-state index contributed by atoms with van der Waals surface area (Å²) in [5.74, 6) is 1.12. The number of nitrogens with zero attached hydrogens (tertiary/aromatic N) is 4. The van der Waals surface area contributed by atoms with Crippen LogP contribution in [0.5, 0.6) is 0 Å². The molecule has 1 aromatic heterocycles. The van der Waals surface area contributed by atoms with Crippen molar-refractivity contribution < 1.29 is 14.3 Å². The van der Waals surface area contributed by atoms with Gasteiger partial charge in [0, 0.05) is 30.7 Å². The largest absolute Gasteiger partial charge is 0.441 e. The van der Waals surface area contributed by atoms with Gasteiger partial charge in [0.25, 0.3) is 0 Å². The molecule has 0 spiro atoms. The number of cyclic esters (lactones) is 1. The Balaban J connectivity index is 1.35. The van der Waals surface area contributed by atoms with E-state index in [-0.39, 0.29) is 30.0 Å². The zero-order chi connectivity index (χ0) is 24.0. The first-order valence-electron chi connectivity index (χ1n) is 11.7. The van der Waals surface area contributed by atoms with Crippen molar-refractivity contribution in [1.82, 2.24) is 20.2 Å². The zero-order valence-electron chi connectivity index (χ0n) is 19.5. The van der Waals surface area contributed by atoms with Crippen LogP contribution in [0.15, 0.2) is 30.6 Å². The predicted octanol–water partition coefficient (Wildman–Crippen LogP) is 3.32. The number of halogens is 1. The number of hydrogen-bond acceptors (Lipinski definition) is 7. The number of aromatic nitrogens is 2. The van der Waals surface area contributed by atoms with Gasteiger partial charge in [0.2, 0.25) is 5.91 Å². The van der Waals surface area contributed by atoms with E-state index in [9.17, 15) is 9.59 Å². The number of piperazine rings is 1. The normalized spacial score (nSPS) is 24.1. The van der Waals surface area contributed by atoms with Crippen molar-refractivity contribution in [2.45, 2.75) is 57.3 Å². The number of nitrogens with one attached hydrogen (secondary N) is 2. The maximum absolute atomic E-state index is 13.7. The SMILES string of the molecule is CC(C)NC[C@@H](C(=O)N1CCN(c2ncnc3c2[C@H](C)OC(=O)N3)C2C[C@H]21)c1ccc(Cl)cc1. The topological polar surface area (TPSA) is 99.7 Å². The summed E-state index contributed by atoms with van der Waals surface area (Å²) in [6.07, 6.45) is 1.41. The average molecular weight is 485 g/mol. The molecule has 1 aromatic carbocycles. The Hall–Kier alpha value is -2.91. The van der Waals surface area contributed by atoms with Crippen LogP contribution in [-0.2, 0) is 9.53 Å². The van der Waals surface area contributed by atoms with Gasteiger partial charge in [0.15, 0.2) is 0 Å². The fraction of sp³-hybridized carbons (Fsp3) is 0.500. The van der Waals surface area contributed by atoms with Crippen LogP contribution in [0.2, 0.25) is 5.02 Å². The Morgan fingerprint density at radius 1 is 1.24 bits per heavy atom. The molecule has 2 aromatic rings. The standard InChI is InChI=1S/C24H29ClN6O3/c1-13(2)26-11-17(15-4-6-16(25)7-5-15)23(32)31-9-8-30(18-10-19(18)31)22-20-14(3)34-24(33)29-21(20)27-12-28-22/h4-7,12-14,17-19,26H,8-11H2,1-3H3,(H,27,28,29,33)/t14-,17+,18?,19+/m0/s1. The van der Waals surface area contributed by atoms with Gasteiger partial charge >= 0.3 is 6.09 Å². The second-order valence-corrected chi connectivity index (χ2v) is 9.83. The number of carbonyl (C=O) groups excluding carboxylic acids is 2. The molecule has 0 radical (unpaired) electrons. The summed E-state index contributed by atoms with van der Waals surface area (Å²) >= 11 is 6.09. The first-order valence-corrected chi connectivity index (χ1v) is 12.1. The Bertz CT molecular complexity index is 1090. The highest BCUT2D eigenvalue weighted by Crippen LogP contribution is 2.44. The minimum Gasteiger partial charge on any atom is -0.441 e. The maximum atomic E-state index is 13.7. The lowest BCUT2D eigenvalue weighted by Crippen LogP contribution is -2.51. The van der Waals surface area contributed by atoms with Gasteiger partial charge in [0.1, 0.15) is 24.1 Å². The predicted molar refractivity (Wildman–Crippen MR) is 129 cm³/mol. The van der Waals surface area contributed by atoms with Crippen LogP contribution in [-0.4, -0.2) is 64.6 Å². The highest BCUT2D eigenvalue weighted by atomic mass is 35.5. The van der Waals surface area contributed by atoms with E-state index >= 15 is 0 Å². The molecule has 3 aliphatic rings. The third kappa shape index (κ3) is 4.30. The van der Waals surface area contributed by atoms with Gasteiger partial charge in [-0.2, -0.15) is 0 Å². The average Bonchev–Trinajstić information content (AvgIpc) is 3.60. The van der Waals surface area contributed by atoms with E-state index in [4.69, 9.17) is 16.3 Å². The van der Waals surface area contributed by atoms with Crippen LogP contribution in [0, 0.1) is 0 Å². The molecule has 3 heterocycles. The fourth-order valence-corrected chi connectivity index (χ4v) is 5.08. The molecule has 0 bridgehead atoms. The smallest absolute Gasteiger partial charge is 0.413 e. The van der Waals surface area contributed by atoms with Gasteiger partial charge in [-0.1, -0.05) is 37.6 Å². The van der Waals surface area contributed by atoms with Gasteiger partial charge in [-0.25, -0.2) is 14.8 Å². The first-order chi connectivity index (χ1) is 16.3. The number of fused-ring (bicyclic) bond motifs is 2. The molecule has 1 unspecified atom stereocenters. The minimum absolute atomic E-state index is 0.134. The fourth-order valence-electron chi connectivity index (χ4n) is 4.95. The Morgan fingerprint density at radius 2 is 2.00 bits per heavy atom. The lowest BCUT2D eigenvalue weighted by atomic mass is 9.96. The van der Waals surface area contributed by atoms with Crippen LogP contribution in [0.3, 0.4) is 0 Å². The molecule has 1 aliphatic carbocycles. The van der Waals surface area contributed by atoms with Crippen molar-refractivity contribution in [2.24, 2.45) is 0 Å². The van der Waals surface area contributed by atoms with Crippen LogP contribution < -0.4 is 15.5 Å². The van der Waals surface area contributed by atoms with E-state index < -0.39 is 12.2 Å². The molecule has 34 heavy (non-hydrogen) atoms. The molecule has 2 amide bonds. The van der Waals surface area contributed by atoms with Gasteiger partial charge in [-0.3, -0.25) is 10.1 Å². The van der Waals surface area contributed by atoms with Crippen molar-refractivity contribution >= 4 is 35.2 Å². The van der Waals surface area contributed by atoms with Crippen molar-refractivity contribution in [1.29, 1.82) is 0 Å².